The molecule has 92 valence electrons. The summed E-state index contributed by atoms with van der Waals surface area (Å²) in [6, 6.07) is 10.0. The summed E-state index contributed by atoms with van der Waals surface area (Å²) < 4.78 is 0. The van der Waals surface area contributed by atoms with Gasteiger partial charge < -0.3 is 20.6 Å². The van der Waals surface area contributed by atoms with Gasteiger partial charge in [-0.1, -0.05) is 12.1 Å². The number of nitrogens with one attached hydrogen (secondary N) is 1. The third-order valence-corrected chi connectivity index (χ3v) is 2.38. The van der Waals surface area contributed by atoms with Crippen LogP contribution in [-0.2, 0) is 0 Å². The normalized spacial score (nSPS) is 10.0. The van der Waals surface area contributed by atoms with Crippen molar-refractivity contribution in [2.45, 2.75) is 0 Å². The Balaban J connectivity index is 2.22. The van der Waals surface area contributed by atoms with E-state index in [4.69, 9.17) is 5.11 Å². The van der Waals surface area contributed by atoms with E-state index in [1.165, 1.54) is 30.3 Å². The lowest BCUT2D eigenvalue weighted by atomic mass is 10.2. The van der Waals surface area contributed by atoms with Crippen molar-refractivity contribution in [3.05, 3.63) is 48.0 Å². The number of aromatic hydroxyl groups is 3. The molecule has 2 rings (SSSR count). The number of carbonyl (C=O) groups excluding carboxylic acids is 1. The minimum Gasteiger partial charge on any atom is -0.507 e. The molecule has 0 aliphatic heterocycles. The molecule has 5 nitrogen and oxygen atoms in total. The number of anilines is 1. The first-order valence-electron chi connectivity index (χ1n) is 5.19. The highest BCUT2D eigenvalue weighted by Gasteiger charge is 2.11. The van der Waals surface area contributed by atoms with Gasteiger partial charge in [-0.2, -0.15) is 0 Å². The number of rotatable bonds is 2. The zero-order valence-corrected chi connectivity index (χ0v) is 9.29. The minimum absolute atomic E-state index is 0.127. The van der Waals surface area contributed by atoms with E-state index >= 15 is 0 Å². The van der Waals surface area contributed by atoms with Gasteiger partial charge >= 0.3 is 0 Å². The van der Waals surface area contributed by atoms with Crippen LogP contribution in [0.25, 0.3) is 0 Å². The van der Waals surface area contributed by atoms with Crippen molar-refractivity contribution < 1.29 is 20.1 Å². The van der Waals surface area contributed by atoms with Gasteiger partial charge in [-0.05, 0) is 24.3 Å². The molecular weight excluding hydrogens is 234 g/mol. The lowest BCUT2D eigenvalue weighted by Crippen LogP contribution is -2.11. The zero-order valence-electron chi connectivity index (χ0n) is 9.29. The fraction of sp³-hybridized carbons (Fsp3) is 0. The first kappa shape index (κ1) is 11.8. The highest BCUT2D eigenvalue weighted by molar-refractivity contribution is 6.06. The van der Waals surface area contributed by atoms with E-state index in [1.807, 2.05) is 0 Å². The predicted octanol–water partition coefficient (Wildman–Crippen LogP) is 2.06. The molecule has 0 atom stereocenters. The zero-order chi connectivity index (χ0) is 13.1. The van der Waals surface area contributed by atoms with Crippen molar-refractivity contribution in [1.82, 2.24) is 0 Å². The molecule has 0 aromatic heterocycles. The van der Waals surface area contributed by atoms with Gasteiger partial charge in [0.2, 0.25) is 0 Å². The van der Waals surface area contributed by atoms with Crippen LogP contribution in [0.4, 0.5) is 5.69 Å². The van der Waals surface area contributed by atoms with Crippen LogP contribution in [0.3, 0.4) is 0 Å². The molecule has 0 fully saturated rings. The number of hydrogen-bond donors (Lipinski definition) is 4. The Morgan fingerprint density at radius 1 is 0.889 bits per heavy atom. The number of phenolic OH excluding ortho intramolecular Hbond substituents is 3. The molecule has 4 N–H and O–H groups in total. The summed E-state index contributed by atoms with van der Waals surface area (Å²) >= 11 is 0. The van der Waals surface area contributed by atoms with E-state index < -0.39 is 5.91 Å². The Morgan fingerprint density at radius 2 is 1.61 bits per heavy atom. The number of benzene rings is 2. The summed E-state index contributed by atoms with van der Waals surface area (Å²) in [7, 11) is 0. The molecule has 0 heterocycles. The molecule has 0 spiro atoms. The molecule has 2 aromatic carbocycles. The molecule has 0 aliphatic carbocycles. The monoisotopic (exact) mass is 245 g/mol. The summed E-state index contributed by atoms with van der Waals surface area (Å²) in [5, 5.41) is 30.4. The van der Waals surface area contributed by atoms with Crippen molar-refractivity contribution in [1.29, 1.82) is 0 Å². The number of carbonyl (C=O) groups is 1. The van der Waals surface area contributed by atoms with E-state index in [-0.39, 0.29) is 22.8 Å². The standard InChI is InChI=1S/C13H11NO4/c15-10-4-2-1-3-9(10)13(18)14-8-5-6-11(16)12(17)7-8/h1-7,15-17H,(H,14,18). The van der Waals surface area contributed by atoms with Gasteiger partial charge in [0.25, 0.3) is 5.91 Å². The maximum absolute atomic E-state index is 11.8. The van der Waals surface area contributed by atoms with Crippen molar-refractivity contribution >= 4 is 11.6 Å². The second kappa shape index (κ2) is 4.67. The van der Waals surface area contributed by atoms with Crippen LogP contribution < -0.4 is 5.32 Å². The van der Waals surface area contributed by atoms with E-state index in [2.05, 4.69) is 5.32 Å². The van der Waals surface area contributed by atoms with E-state index in [0.717, 1.165) is 0 Å². The van der Waals surface area contributed by atoms with Gasteiger partial charge in [-0.3, -0.25) is 4.79 Å². The van der Waals surface area contributed by atoms with E-state index in [1.54, 1.807) is 12.1 Å². The first-order valence-corrected chi connectivity index (χ1v) is 5.19. The van der Waals surface area contributed by atoms with Crippen LogP contribution in [-0.4, -0.2) is 21.2 Å². The quantitative estimate of drug-likeness (QED) is 0.481. The SMILES string of the molecule is O=C(Nc1ccc(O)c(O)c1)c1ccccc1O. The molecule has 0 radical (unpaired) electrons. The average Bonchev–Trinajstić information content (AvgIpc) is 2.34. The van der Waals surface area contributed by atoms with Crippen molar-refractivity contribution in [2.24, 2.45) is 0 Å². The van der Waals surface area contributed by atoms with Gasteiger partial charge in [0, 0.05) is 11.8 Å². The summed E-state index contributed by atoms with van der Waals surface area (Å²) in [6.07, 6.45) is 0. The van der Waals surface area contributed by atoms with Gasteiger partial charge in [-0.15, -0.1) is 0 Å². The van der Waals surface area contributed by atoms with E-state index in [9.17, 15) is 15.0 Å². The van der Waals surface area contributed by atoms with Crippen molar-refractivity contribution in [3.8, 4) is 17.2 Å². The Bertz CT molecular complexity index is 595. The summed E-state index contributed by atoms with van der Waals surface area (Å²) in [5.41, 5.74) is 0.448. The minimum atomic E-state index is -0.502. The third kappa shape index (κ3) is 2.35. The van der Waals surface area contributed by atoms with Crippen LogP contribution >= 0.6 is 0 Å². The molecule has 1 amide bonds. The second-order valence-corrected chi connectivity index (χ2v) is 3.67. The smallest absolute Gasteiger partial charge is 0.259 e. The molecule has 2 aromatic rings. The molecule has 5 heteroatoms. The van der Waals surface area contributed by atoms with Gasteiger partial charge in [0.15, 0.2) is 11.5 Å². The number of amides is 1. The summed E-state index contributed by atoms with van der Waals surface area (Å²) in [4.78, 5) is 11.8. The topological polar surface area (TPSA) is 89.8 Å². The molecule has 0 saturated heterocycles. The fourth-order valence-electron chi connectivity index (χ4n) is 1.47. The largest absolute Gasteiger partial charge is 0.507 e. The number of para-hydroxylation sites is 1. The molecule has 0 aliphatic rings. The van der Waals surface area contributed by atoms with Crippen LogP contribution in [0.15, 0.2) is 42.5 Å². The molecule has 18 heavy (non-hydrogen) atoms. The fourth-order valence-corrected chi connectivity index (χ4v) is 1.47. The maximum Gasteiger partial charge on any atom is 0.259 e. The summed E-state index contributed by atoms with van der Waals surface area (Å²) in [5.74, 6) is -1.23. The second-order valence-electron chi connectivity index (χ2n) is 3.67. The number of phenols is 3. The van der Waals surface area contributed by atoms with Crippen LogP contribution in [0.2, 0.25) is 0 Å². The van der Waals surface area contributed by atoms with Crippen molar-refractivity contribution in [2.75, 3.05) is 5.32 Å². The highest BCUT2D eigenvalue weighted by Crippen LogP contribution is 2.28. The number of hydrogen-bond acceptors (Lipinski definition) is 4. The predicted molar refractivity (Wildman–Crippen MR) is 65.8 cm³/mol. The lowest BCUT2D eigenvalue weighted by Gasteiger charge is -2.07. The van der Waals surface area contributed by atoms with Crippen LogP contribution in [0, 0.1) is 0 Å². The van der Waals surface area contributed by atoms with Gasteiger partial charge in [-0.25, -0.2) is 0 Å². The Hall–Kier alpha value is -2.69. The van der Waals surface area contributed by atoms with Gasteiger partial charge in [0.05, 0.1) is 5.56 Å². The van der Waals surface area contributed by atoms with Crippen LogP contribution in [0.5, 0.6) is 17.2 Å². The molecule has 0 unspecified atom stereocenters. The Kier molecular flexibility index (Phi) is 3.05. The maximum atomic E-state index is 11.8. The Morgan fingerprint density at radius 3 is 2.28 bits per heavy atom. The molecule has 0 bridgehead atoms. The molecular formula is C13H11NO4. The third-order valence-electron chi connectivity index (χ3n) is 2.38. The average molecular weight is 245 g/mol. The summed E-state index contributed by atoms with van der Waals surface area (Å²) in [6.45, 7) is 0. The molecule has 0 saturated carbocycles. The van der Waals surface area contributed by atoms with E-state index in [0.29, 0.717) is 5.69 Å². The first-order chi connectivity index (χ1) is 8.58. The highest BCUT2D eigenvalue weighted by atomic mass is 16.3. The Labute approximate surface area is 103 Å². The lowest BCUT2D eigenvalue weighted by molar-refractivity contribution is 0.102. The van der Waals surface area contributed by atoms with Crippen LogP contribution in [0.1, 0.15) is 10.4 Å². The van der Waals surface area contributed by atoms with Gasteiger partial charge in [0.1, 0.15) is 5.75 Å². The van der Waals surface area contributed by atoms with Crippen molar-refractivity contribution in [3.63, 3.8) is 0 Å².